The Kier molecular flexibility index (Phi) is 4.23. The first-order valence-electron chi connectivity index (χ1n) is 7.00. The molecule has 0 spiro atoms. The zero-order chi connectivity index (χ0) is 16.9. The molecule has 0 aliphatic carbocycles. The van der Waals surface area contributed by atoms with Crippen LogP contribution in [0.3, 0.4) is 0 Å². The van der Waals surface area contributed by atoms with Crippen LogP contribution < -0.4 is 10.9 Å². The van der Waals surface area contributed by atoms with Crippen LogP contribution in [0.2, 0.25) is 0 Å². The Morgan fingerprint density at radius 1 is 0.958 bits per heavy atom. The van der Waals surface area contributed by atoms with E-state index in [-0.39, 0.29) is 0 Å². The molecule has 2 heterocycles. The number of hydrogen-bond acceptors (Lipinski definition) is 6. The van der Waals surface area contributed by atoms with Gasteiger partial charge in [0.2, 0.25) is 0 Å². The van der Waals surface area contributed by atoms with Crippen molar-refractivity contribution in [2.45, 2.75) is 6.92 Å². The maximum atomic E-state index is 12.0. The topological polar surface area (TPSA) is 115 Å². The number of aromatic nitrogens is 5. The molecule has 0 aliphatic rings. The highest BCUT2D eigenvalue weighted by atomic mass is 16.2. The van der Waals surface area contributed by atoms with Gasteiger partial charge in [-0.3, -0.25) is 25.4 Å². The van der Waals surface area contributed by atoms with Crippen molar-refractivity contribution in [2.24, 2.45) is 0 Å². The summed E-state index contributed by atoms with van der Waals surface area (Å²) in [6.07, 6.45) is 2.89. The third kappa shape index (κ3) is 3.40. The SMILES string of the molecule is Cc1ccc(C(=O)NNC(=O)c2ccc(-n3cnnn3)cc2)cn1. The smallest absolute Gasteiger partial charge is 0.267 e. The molecule has 0 bridgehead atoms. The number of nitrogens with one attached hydrogen (secondary N) is 2. The van der Waals surface area contributed by atoms with Gasteiger partial charge in [0.15, 0.2) is 0 Å². The number of tetrazole rings is 1. The first kappa shape index (κ1) is 15.3. The van der Waals surface area contributed by atoms with E-state index in [9.17, 15) is 9.59 Å². The number of nitrogens with zero attached hydrogens (tertiary/aromatic N) is 5. The van der Waals surface area contributed by atoms with Crippen LogP contribution in [-0.2, 0) is 0 Å². The normalized spacial score (nSPS) is 10.2. The lowest BCUT2D eigenvalue weighted by Crippen LogP contribution is -2.41. The molecule has 1 aromatic carbocycles. The van der Waals surface area contributed by atoms with E-state index in [0.29, 0.717) is 16.8 Å². The van der Waals surface area contributed by atoms with Crippen molar-refractivity contribution >= 4 is 11.8 Å². The van der Waals surface area contributed by atoms with Crippen LogP contribution in [-0.4, -0.2) is 37.0 Å². The van der Waals surface area contributed by atoms with Crippen molar-refractivity contribution in [2.75, 3.05) is 0 Å². The molecule has 2 amide bonds. The maximum Gasteiger partial charge on any atom is 0.271 e. The van der Waals surface area contributed by atoms with Gasteiger partial charge in [0, 0.05) is 17.5 Å². The maximum absolute atomic E-state index is 12.0. The largest absolute Gasteiger partial charge is 0.271 e. The standard InChI is InChI=1S/C15H13N7O2/c1-10-2-3-12(8-16-10)15(24)19-18-14(23)11-4-6-13(7-5-11)22-9-17-20-21-22/h2-9H,1H3,(H,18,23)(H,19,24). The molecule has 9 nitrogen and oxygen atoms in total. The zero-order valence-corrected chi connectivity index (χ0v) is 12.7. The highest BCUT2D eigenvalue weighted by Gasteiger charge is 2.09. The molecular formula is C15H13N7O2. The van der Waals surface area contributed by atoms with Crippen LogP contribution >= 0.6 is 0 Å². The van der Waals surface area contributed by atoms with Crippen molar-refractivity contribution in [3.63, 3.8) is 0 Å². The molecule has 0 atom stereocenters. The fraction of sp³-hybridized carbons (Fsp3) is 0.0667. The zero-order valence-electron chi connectivity index (χ0n) is 12.7. The molecule has 0 radical (unpaired) electrons. The number of aryl methyl sites for hydroxylation is 1. The van der Waals surface area contributed by atoms with Gasteiger partial charge < -0.3 is 0 Å². The van der Waals surface area contributed by atoms with Crippen LogP contribution in [0.1, 0.15) is 26.4 Å². The fourth-order valence-corrected chi connectivity index (χ4v) is 1.91. The number of rotatable bonds is 3. The van der Waals surface area contributed by atoms with E-state index in [1.165, 1.54) is 17.2 Å². The molecule has 0 saturated carbocycles. The molecule has 3 rings (SSSR count). The average Bonchev–Trinajstić information content (AvgIpc) is 3.15. The number of carbonyl (C=O) groups is 2. The molecule has 2 aromatic heterocycles. The second-order valence-corrected chi connectivity index (χ2v) is 4.90. The lowest BCUT2D eigenvalue weighted by atomic mass is 10.2. The fourth-order valence-electron chi connectivity index (χ4n) is 1.91. The van der Waals surface area contributed by atoms with E-state index in [2.05, 4.69) is 31.4 Å². The third-order valence-corrected chi connectivity index (χ3v) is 3.21. The molecule has 9 heteroatoms. The van der Waals surface area contributed by atoms with Gasteiger partial charge in [0.1, 0.15) is 6.33 Å². The number of benzene rings is 1. The minimum Gasteiger partial charge on any atom is -0.267 e. The van der Waals surface area contributed by atoms with Gasteiger partial charge in [-0.25, -0.2) is 4.68 Å². The number of carbonyl (C=O) groups excluding carboxylic acids is 2. The summed E-state index contributed by atoms with van der Waals surface area (Å²) in [6, 6.07) is 9.94. The first-order valence-corrected chi connectivity index (χ1v) is 7.00. The molecule has 0 fully saturated rings. The molecule has 120 valence electrons. The van der Waals surface area contributed by atoms with E-state index < -0.39 is 11.8 Å². The summed E-state index contributed by atoms with van der Waals surface area (Å²) in [5.74, 6) is -0.882. The molecule has 0 aliphatic heterocycles. The van der Waals surface area contributed by atoms with Gasteiger partial charge in [-0.1, -0.05) is 0 Å². The van der Waals surface area contributed by atoms with E-state index >= 15 is 0 Å². The Bertz CT molecular complexity index is 843. The summed E-state index contributed by atoms with van der Waals surface area (Å²) in [5, 5.41) is 10.8. The van der Waals surface area contributed by atoms with Gasteiger partial charge in [-0.05, 0) is 53.7 Å². The van der Waals surface area contributed by atoms with E-state index in [0.717, 1.165) is 5.69 Å². The van der Waals surface area contributed by atoms with Crippen LogP contribution in [0.15, 0.2) is 48.9 Å². The van der Waals surface area contributed by atoms with Gasteiger partial charge >= 0.3 is 0 Å². The minimum atomic E-state index is -0.443. The Hall–Kier alpha value is -3.62. The van der Waals surface area contributed by atoms with Gasteiger partial charge in [-0.2, -0.15) is 0 Å². The summed E-state index contributed by atoms with van der Waals surface area (Å²) < 4.78 is 1.47. The van der Waals surface area contributed by atoms with Gasteiger partial charge in [-0.15, -0.1) is 5.10 Å². The van der Waals surface area contributed by atoms with Crippen molar-refractivity contribution in [1.29, 1.82) is 0 Å². The summed E-state index contributed by atoms with van der Waals surface area (Å²) in [7, 11) is 0. The molecule has 0 saturated heterocycles. The summed E-state index contributed by atoms with van der Waals surface area (Å²) in [5.41, 5.74) is 6.95. The van der Waals surface area contributed by atoms with Crippen LogP contribution in [0.5, 0.6) is 0 Å². The minimum absolute atomic E-state index is 0.356. The highest BCUT2D eigenvalue weighted by molar-refractivity contribution is 5.98. The average molecular weight is 323 g/mol. The Morgan fingerprint density at radius 3 is 2.21 bits per heavy atom. The molecular weight excluding hydrogens is 310 g/mol. The van der Waals surface area contributed by atoms with Crippen molar-refractivity contribution in [3.8, 4) is 5.69 Å². The predicted octanol–water partition coefficient (Wildman–Crippen LogP) is 0.441. The van der Waals surface area contributed by atoms with Crippen LogP contribution in [0.4, 0.5) is 0 Å². The van der Waals surface area contributed by atoms with Gasteiger partial charge in [0.25, 0.3) is 11.8 Å². The molecule has 3 aromatic rings. The second-order valence-electron chi connectivity index (χ2n) is 4.90. The van der Waals surface area contributed by atoms with Crippen molar-refractivity contribution in [3.05, 3.63) is 65.7 Å². The van der Waals surface area contributed by atoms with Crippen molar-refractivity contribution < 1.29 is 9.59 Å². The Morgan fingerprint density at radius 2 is 1.62 bits per heavy atom. The van der Waals surface area contributed by atoms with Gasteiger partial charge in [0.05, 0.1) is 11.3 Å². The molecule has 24 heavy (non-hydrogen) atoms. The number of hydrazine groups is 1. The van der Waals surface area contributed by atoms with Crippen LogP contribution in [0, 0.1) is 6.92 Å². The summed E-state index contributed by atoms with van der Waals surface area (Å²) in [4.78, 5) is 28.0. The lowest BCUT2D eigenvalue weighted by Gasteiger charge is -2.08. The quantitative estimate of drug-likeness (QED) is 0.676. The first-order chi connectivity index (χ1) is 11.6. The molecule has 0 unspecified atom stereocenters. The van der Waals surface area contributed by atoms with Crippen LogP contribution in [0.25, 0.3) is 5.69 Å². The van der Waals surface area contributed by atoms with Crippen molar-refractivity contribution in [1.82, 2.24) is 36.0 Å². The molecule has 2 N–H and O–H groups in total. The summed E-state index contributed by atoms with van der Waals surface area (Å²) >= 11 is 0. The number of hydrogen-bond donors (Lipinski definition) is 2. The number of pyridine rings is 1. The monoisotopic (exact) mass is 323 g/mol. The summed E-state index contributed by atoms with van der Waals surface area (Å²) in [6.45, 7) is 1.82. The van der Waals surface area contributed by atoms with E-state index in [1.54, 1.807) is 36.4 Å². The second kappa shape index (κ2) is 6.65. The lowest BCUT2D eigenvalue weighted by molar-refractivity contribution is 0.0846. The highest BCUT2D eigenvalue weighted by Crippen LogP contribution is 2.07. The predicted molar refractivity (Wildman–Crippen MR) is 83.1 cm³/mol. The van der Waals surface area contributed by atoms with E-state index in [1.807, 2.05) is 6.92 Å². The van der Waals surface area contributed by atoms with E-state index in [4.69, 9.17) is 0 Å². The third-order valence-electron chi connectivity index (χ3n) is 3.21. The Balaban J connectivity index is 1.60. The number of amides is 2. The Labute approximate surface area is 136 Å².